The van der Waals surface area contributed by atoms with E-state index in [-0.39, 0.29) is 11.8 Å². The largest absolute Gasteiger partial charge is 0.381 e. The standard InChI is InChI=1S/C16H23N3O2/c1-18(2)9-13-7-17-8-14-10-19(5-3-15(13)14)16(20)12-4-6-21-11-12/h7-8,12H,3-6,9-11H2,1-2H3/t12-/m1/s1. The molecule has 0 bridgehead atoms. The molecule has 0 unspecified atom stereocenters. The van der Waals surface area contributed by atoms with E-state index in [4.69, 9.17) is 4.74 Å². The third kappa shape index (κ3) is 3.09. The van der Waals surface area contributed by atoms with Crippen molar-refractivity contribution in [3.63, 3.8) is 0 Å². The second kappa shape index (κ2) is 6.12. The number of nitrogens with zero attached hydrogens (tertiary/aromatic N) is 3. The van der Waals surface area contributed by atoms with E-state index in [1.165, 1.54) is 16.7 Å². The molecule has 114 valence electrons. The van der Waals surface area contributed by atoms with Gasteiger partial charge < -0.3 is 14.5 Å². The third-order valence-corrected chi connectivity index (χ3v) is 4.31. The van der Waals surface area contributed by atoms with E-state index < -0.39 is 0 Å². The first-order valence-electron chi connectivity index (χ1n) is 7.61. The van der Waals surface area contributed by atoms with Gasteiger partial charge in [0.1, 0.15) is 0 Å². The van der Waals surface area contributed by atoms with Crippen LogP contribution in [0.15, 0.2) is 12.4 Å². The summed E-state index contributed by atoms with van der Waals surface area (Å²) in [4.78, 5) is 21.0. The van der Waals surface area contributed by atoms with Gasteiger partial charge in [-0.3, -0.25) is 9.78 Å². The Bertz CT molecular complexity index is 524. The average Bonchev–Trinajstić information content (AvgIpc) is 3.00. The van der Waals surface area contributed by atoms with Crippen LogP contribution in [0.25, 0.3) is 0 Å². The minimum absolute atomic E-state index is 0.0597. The van der Waals surface area contributed by atoms with Gasteiger partial charge in [0.2, 0.25) is 5.91 Å². The van der Waals surface area contributed by atoms with Gasteiger partial charge in [0, 0.05) is 38.6 Å². The smallest absolute Gasteiger partial charge is 0.228 e. The molecule has 1 aromatic heterocycles. The molecule has 3 rings (SSSR count). The van der Waals surface area contributed by atoms with Gasteiger partial charge >= 0.3 is 0 Å². The Morgan fingerprint density at radius 2 is 2.33 bits per heavy atom. The minimum Gasteiger partial charge on any atom is -0.381 e. The van der Waals surface area contributed by atoms with Crippen LogP contribution in [0.2, 0.25) is 0 Å². The van der Waals surface area contributed by atoms with Gasteiger partial charge in [0.05, 0.1) is 12.5 Å². The van der Waals surface area contributed by atoms with Gasteiger partial charge in [-0.1, -0.05) is 0 Å². The maximum absolute atomic E-state index is 12.5. The fourth-order valence-corrected chi connectivity index (χ4v) is 3.22. The summed E-state index contributed by atoms with van der Waals surface area (Å²) in [6, 6.07) is 0. The van der Waals surface area contributed by atoms with Crippen molar-refractivity contribution in [2.24, 2.45) is 5.92 Å². The van der Waals surface area contributed by atoms with Gasteiger partial charge in [-0.15, -0.1) is 0 Å². The minimum atomic E-state index is 0.0597. The lowest BCUT2D eigenvalue weighted by Gasteiger charge is -2.31. The zero-order valence-electron chi connectivity index (χ0n) is 12.8. The van der Waals surface area contributed by atoms with Crippen LogP contribution in [0.3, 0.4) is 0 Å². The molecule has 0 radical (unpaired) electrons. The van der Waals surface area contributed by atoms with Gasteiger partial charge in [-0.2, -0.15) is 0 Å². The SMILES string of the molecule is CN(C)Cc1cncc2c1CCN(C(=O)[C@@H]1CCOC1)C2. The number of carbonyl (C=O) groups excluding carboxylic acids is 1. The van der Waals surface area contributed by atoms with Crippen molar-refractivity contribution in [3.8, 4) is 0 Å². The Balaban J connectivity index is 1.75. The Labute approximate surface area is 125 Å². The predicted octanol–water partition coefficient (Wildman–Crippen LogP) is 1.06. The van der Waals surface area contributed by atoms with Crippen LogP contribution in [0.1, 0.15) is 23.1 Å². The summed E-state index contributed by atoms with van der Waals surface area (Å²) in [6.45, 7) is 3.71. The molecule has 1 saturated heterocycles. The molecule has 0 spiro atoms. The van der Waals surface area contributed by atoms with E-state index in [2.05, 4.69) is 24.0 Å². The quantitative estimate of drug-likeness (QED) is 0.835. The molecule has 3 heterocycles. The summed E-state index contributed by atoms with van der Waals surface area (Å²) in [5.41, 5.74) is 3.87. The van der Waals surface area contributed by atoms with Crippen molar-refractivity contribution in [2.45, 2.75) is 25.9 Å². The summed E-state index contributed by atoms with van der Waals surface area (Å²) in [7, 11) is 4.14. The molecule has 2 aliphatic heterocycles. The summed E-state index contributed by atoms with van der Waals surface area (Å²) in [6.07, 6.45) is 5.67. The van der Waals surface area contributed by atoms with Crippen LogP contribution in [-0.4, -0.2) is 54.5 Å². The van der Waals surface area contributed by atoms with E-state index in [0.717, 1.165) is 32.5 Å². The summed E-state index contributed by atoms with van der Waals surface area (Å²) < 4.78 is 5.34. The number of hydrogen-bond donors (Lipinski definition) is 0. The number of pyridine rings is 1. The van der Waals surface area contributed by atoms with E-state index >= 15 is 0 Å². The van der Waals surface area contributed by atoms with Crippen molar-refractivity contribution < 1.29 is 9.53 Å². The van der Waals surface area contributed by atoms with Crippen LogP contribution < -0.4 is 0 Å². The maximum Gasteiger partial charge on any atom is 0.228 e. The zero-order chi connectivity index (χ0) is 14.8. The highest BCUT2D eigenvalue weighted by Gasteiger charge is 2.30. The first kappa shape index (κ1) is 14.5. The highest BCUT2D eigenvalue weighted by molar-refractivity contribution is 5.79. The van der Waals surface area contributed by atoms with Crippen molar-refractivity contribution in [2.75, 3.05) is 33.9 Å². The molecule has 1 fully saturated rings. The molecular weight excluding hydrogens is 266 g/mol. The number of fused-ring (bicyclic) bond motifs is 1. The van der Waals surface area contributed by atoms with Gasteiger partial charge in [0.15, 0.2) is 0 Å². The Kier molecular flexibility index (Phi) is 4.22. The molecule has 0 aliphatic carbocycles. The molecule has 5 heteroatoms. The third-order valence-electron chi connectivity index (χ3n) is 4.31. The molecule has 1 amide bonds. The molecule has 1 aromatic rings. The van der Waals surface area contributed by atoms with E-state index in [1.807, 2.05) is 17.3 Å². The fraction of sp³-hybridized carbons (Fsp3) is 0.625. The normalized spacial score (nSPS) is 21.7. The number of aromatic nitrogens is 1. The van der Waals surface area contributed by atoms with Crippen LogP contribution in [-0.2, 0) is 29.0 Å². The molecule has 1 atom stereocenters. The number of hydrogen-bond acceptors (Lipinski definition) is 4. The molecule has 0 aromatic carbocycles. The highest BCUT2D eigenvalue weighted by atomic mass is 16.5. The van der Waals surface area contributed by atoms with E-state index in [1.54, 1.807) is 0 Å². The van der Waals surface area contributed by atoms with Crippen molar-refractivity contribution in [3.05, 3.63) is 29.1 Å². The number of carbonyl (C=O) groups is 1. The highest BCUT2D eigenvalue weighted by Crippen LogP contribution is 2.25. The van der Waals surface area contributed by atoms with E-state index in [9.17, 15) is 4.79 Å². The molecular formula is C16H23N3O2. The second-order valence-electron chi connectivity index (χ2n) is 6.24. The molecule has 21 heavy (non-hydrogen) atoms. The number of ether oxygens (including phenoxy) is 1. The van der Waals surface area contributed by atoms with Gasteiger partial charge in [-0.05, 0) is 43.6 Å². The number of rotatable bonds is 3. The molecule has 5 nitrogen and oxygen atoms in total. The second-order valence-corrected chi connectivity index (χ2v) is 6.24. The number of amides is 1. The summed E-state index contributed by atoms with van der Waals surface area (Å²) in [5, 5.41) is 0. The first-order chi connectivity index (χ1) is 10.1. The predicted molar refractivity (Wildman–Crippen MR) is 79.7 cm³/mol. The molecule has 0 saturated carbocycles. The van der Waals surface area contributed by atoms with Crippen LogP contribution in [0.4, 0.5) is 0 Å². The van der Waals surface area contributed by atoms with Crippen LogP contribution in [0, 0.1) is 5.92 Å². The van der Waals surface area contributed by atoms with Crippen molar-refractivity contribution >= 4 is 5.91 Å². The van der Waals surface area contributed by atoms with Gasteiger partial charge in [0.25, 0.3) is 0 Å². The van der Waals surface area contributed by atoms with Gasteiger partial charge in [-0.25, -0.2) is 0 Å². The molecule has 2 aliphatic rings. The topological polar surface area (TPSA) is 45.7 Å². The lowest BCUT2D eigenvalue weighted by atomic mass is 9.95. The Morgan fingerprint density at radius 1 is 1.48 bits per heavy atom. The first-order valence-corrected chi connectivity index (χ1v) is 7.61. The lowest BCUT2D eigenvalue weighted by molar-refractivity contribution is -0.136. The Morgan fingerprint density at radius 3 is 3.05 bits per heavy atom. The summed E-state index contributed by atoms with van der Waals surface area (Å²) in [5.74, 6) is 0.306. The summed E-state index contributed by atoms with van der Waals surface area (Å²) >= 11 is 0. The zero-order valence-corrected chi connectivity index (χ0v) is 12.8. The molecule has 0 N–H and O–H groups in total. The Hall–Kier alpha value is -1.46. The lowest BCUT2D eigenvalue weighted by Crippen LogP contribution is -2.40. The fourth-order valence-electron chi connectivity index (χ4n) is 3.22. The monoisotopic (exact) mass is 289 g/mol. The van der Waals surface area contributed by atoms with E-state index in [0.29, 0.717) is 13.2 Å². The van der Waals surface area contributed by atoms with Crippen molar-refractivity contribution in [1.29, 1.82) is 0 Å². The van der Waals surface area contributed by atoms with Crippen LogP contribution >= 0.6 is 0 Å². The van der Waals surface area contributed by atoms with Crippen molar-refractivity contribution in [1.82, 2.24) is 14.8 Å². The average molecular weight is 289 g/mol. The van der Waals surface area contributed by atoms with Crippen LogP contribution in [0.5, 0.6) is 0 Å². The maximum atomic E-state index is 12.5.